The van der Waals surface area contributed by atoms with Crippen molar-refractivity contribution < 1.29 is 14.3 Å². The van der Waals surface area contributed by atoms with E-state index in [1.165, 1.54) is 0 Å². The Labute approximate surface area is 130 Å². The quantitative estimate of drug-likeness (QED) is 0.732. The van der Waals surface area contributed by atoms with Crippen LogP contribution in [-0.4, -0.2) is 31.6 Å². The normalized spacial score (nSPS) is 19.8. The number of nitrogens with zero attached hydrogens (tertiary/aromatic N) is 2. The van der Waals surface area contributed by atoms with Crippen LogP contribution < -0.4 is 5.32 Å². The molecular formula is C16H21N3O3. The molecule has 0 bridgehead atoms. The first kappa shape index (κ1) is 16.3. The van der Waals surface area contributed by atoms with Gasteiger partial charge in [-0.05, 0) is 12.3 Å². The zero-order valence-electron chi connectivity index (χ0n) is 12.9. The average Bonchev–Trinajstić information content (AvgIpc) is 2.51. The van der Waals surface area contributed by atoms with Crippen molar-refractivity contribution in [2.24, 2.45) is 22.1 Å². The van der Waals surface area contributed by atoms with E-state index in [1.807, 2.05) is 0 Å². The van der Waals surface area contributed by atoms with Gasteiger partial charge in [0, 0.05) is 18.7 Å². The van der Waals surface area contributed by atoms with Crippen LogP contribution in [0.1, 0.15) is 20.3 Å². The molecule has 1 N–H and O–H groups in total. The van der Waals surface area contributed by atoms with Gasteiger partial charge in [0.1, 0.15) is 0 Å². The number of hydrogen-bond acceptors (Lipinski definition) is 4. The predicted octanol–water partition coefficient (Wildman–Crippen LogP) is 2.15. The van der Waals surface area contributed by atoms with Crippen LogP contribution in [-0.2, 0) is 14.3 Å². The van der Waals surface area contributed by atoms with Crippen molar-refractivity contribution in [2.75, 3.05) is 19.8 Å². The number of hydrogen-bond donors (Lipinski definition) is 1. The van der Waals surface area contributed by atoms with E-state index < -0.39 is 5.92 Å². The van der Waals surface area contributed by atoms with Crippen molar-refractivity contribution in [1.29, 1.82) is 0 Å². The van der Waals surface area contributed by atoms with E-state index in [1.54, 1.807) is 24.3 Å². The number of ether oxygens (including phenoxy) is 1. The summed E-state index contributed by atoms with van der Waals surface area (Å²) in [6, 6.07) is 0. The van der Waals surface area contributed by atoms with E-state index in [0.717, 1.165) is 6.42 Å². The number of allylic oxidation sites excluding steroid dienone is 3. The number of nitrogens with one attached hydrogen (secondary N) is 1. The zero-order valence-corrected chi connectivity index (χ0v) is 12.9. The molecule has 0 fully saturated rings. The molecule has 0 aromatic heterocycles. The van der Waals surface area contributed by atoms with Crippen molar-refractivity contribution in [2.45, 2.75) is 20.3 Å². The third-order valence-corrected chi connectivity index (χ3v) is 3.40. The third kappa shape index (κ3) is 4.21. The minimum absolute atomic E-state index is 0.201. The van der Waals surface area contributed by atoms with E-state index in [0.29, 0.717) is 31.2 Å². The van der Waals surface area contributed by atoms with Crippen molar-refractivity contribution in [3.05, 3.63) is 35.6 Å². The highest BCUT2D eigenvalue weighted by Crippen LogP contribution is 2.28. The van der Waals surface area contributed by atoms with E-state index >= 15 is 0 Å². The molecule has 0 radical (unpaired) electrons. The molecule has 6 heteroatoms. The van der Waals surface area contributed by atoms with Gasteiger partial charge in [-0.3, -0.25) is 9.59 Å². The highest BCUT2D eigenvalue weighted by molar-refractivity contribution is 5.98. The van der Waals surface area contributed by atoms with Gasteiger partial charge in [0.15, 0.2) is 5.70 Å². The Morgan fingerprint density at radius 3 is 2.91 bits per heavy atom. The second-order valence-electron chi connectivity index (χ2n) is 5.61. The number of carbonyl (C=O) groups is 2. The lowest BCUT2D eigenvalue weighted by molar-refractivity contribution is -0.120. The number of rotatable bonds is 7. The second-order valence-corrected chi connectivity index (χ2v) is 5.61. The van der Waals surface area contributed by atoms with Crippen molar-refractivity contribution in [1.82, 2.24) is 5.32 Å². The molecule has 22 heavy (non-hydrogen) atoms. The molecule has 0 saturated carbocycles. The van der Waals surface area contributed by atoms with Crippen molar-refractivity contribution in [3.63, 3.8) is 0 Å². The van der Waals surface area contributed by atoms with Gasteiger partial charge in [-0.15, -0.1) is 10.2 Å². The first-order chi connectivity index (χ1) is 10.6. The summed E-state index contributed by atoms with van der Waals surface area (Å²) in [5, 5.41) is 10.0. The molecule has 2 aliphatic rings. The fourth-order valence-corrected chi connectivity index (χ4v) is 2.12. The van der Waals surface area contributed by atoms with Gasteiger partial charge in [-0.1, -0.05) is 38.2 Å². The molecular weight excluding hydrogens is 282 g/mol. The molecule has 6 nitrogen and oxygen atoms in total. The molecule has 2 amide bonds. The van der Waals surface area contributed by atoms with Gasteiger partial charge in [0.05, 0.1) is 12.5 Å². The summed E-state index contributed by atoms with van der Waals surface area (Å²) in [5.41, 5.74) is 0.799. The van der Waals surface area contributed by atoms with E-state index in [-0.39, 0.29) is 17.5 Å². The standard InChI is InChI=1S/C16H21N3O3/c1-11(2)7-9-22-10-8-17-16(21)14-12-5-3-4-6-13(12)15(20)19-18-14/h3-6,11,13H,7-10H2,1-2H3,(H,17,21). The zero-order chi connectivity index (χ0) is 15.9. The Bertz CT molecular complexity index is 559. The maximum atomic E-state index is 12.2. The lowest BCUT2D eigenvalue weighted by Crippen LogP contribution is -2.31. The van der Waals surface area contributed by atoms with Gasteiger partial charge < -0.3 is 10.1 Å². The smallest absolute Gasteiger partial charge is 0.276 e. The average molecular weight is 303 g/mol. The fraction of sp³-hybridized carbons (Fsp3) is 0.500. The van der Waals surface area contributed by atoms with Gasteiger partial charge in [-0.25, -0.2) is 0 Å². The minimum atomic E-state index is -0.495. The Morgan fingerprint density at radius 1 is 1.32 bits per heavy atom. The molecule has 1 unspecified atom stereocenters. The first-order valence-corrected chi connectivity index (χ1v) is 7.50. The fourth-order valence-electron chi connectivity index (χ4n) is 2.12. The summed E-state index contributed by atoms with van der Waals surface area (Å²) in [7, 11) is 0. The molecule has 0 saturated heterocycles. The SMILES string of the molecule is CC(C)CCOCCNC(=O)C1=C2C=CC=CC2C(=O)N=N1. The Balaban J connectivity index is 1.85. The monoisotopic (exact) mass is 303 g/mol. The maximum Gasteiger partial charge on any atom is 0.276 e. The van der Waals surface area contributed by atoms with Crippen LogP contribution in [0.25, 0.3) is 0 Å². The summed E-state index contributed by atoms with van der Waals surface area (Å²) in [4.78, 5) is 23.8. The second kappa shape index (κ2) is 7.79. The largest absolute Gasteiger partial charge is 0.380 e. The van der Waals surface area contributed by atoms with Crippen LogP contribution in [0, 0.1) is 11.8 Å². The van der Waals surface area contributed by atoms with Crippen LogP contribution in [0.2, 0.25) is 0 Å². The summed E-state index contributed by atoms with van der Waals surface area (Å²) in [6.07, 6.45) is 8.00. The summed E-state index contributed by atoms with van der Waals surface area (Å²) < 4.78 is 5.44. The van der Waals surface area contributed by atoms with Crippen LogP contribution in [0.3, 0.4) is 0 Å². The number of amides is 2. The van der Waals surface area contributed by atoms with Crippen LogP contribution in [0.4, 0.5) is 0 Å². The van der Waals surface area contributed by atoms with Crippen molar-refractivity contribution in [3.8, 4) is 0 Å². The minimum Gasteiger partial charge on any atom is -0.380 e. The Hall–Kier alpha value is -2.08. The number of azo groups is 1. The topological polar surface area (TPSA) is 80.1 Å². The molecule has 0 spiro atoms. The summed E-state index contributed by atoms with van der Waals surface area (Å²) in [6.45, 7) is 5.82. The lowest BCUT2D eigenvalue weighted by Gasteiger charge is -2.18. The first-order valence-electron chi connectivity index (χ1n) is 7.50. The van der Waals surface area contributed by atoms with E-state index in [2.05, 4.69) is 29.4 Å². The predicted molar refractivity (Wildman–Crippen MR) is 81.9 cm³/mol. The van der Waals surface area contributed by atoms with E-state index in [9.17, 15) is 9.59 Å². The highest BCUT2D eigenvalue weighted by atomic mass is 16.5. The maximum absolute atomic E-state index is 12.2. The summed E-state index contributed by atoms with van der Waals surface area (Å²) in [5.74, 6) is -0.566. The highest BCUT2D eigenvalue weighted by Gasteiger charge is 2.29. The van der Waals surface area contributed by atoms with E-state index in [4.69, 9.17) is 4.74 Å². The van der Waals surface area contributed by atoms with Gasteiger partial charge in [0.25, 0.3) is 11.8 Å². The molecule has 0 aromatic rings. The number of fused-ring (bicyclic) bond motifs is 1. The molecule has 1 atom stereocenters. The Kier molecular flexibility index (Phi) is 5.77. The molecule has 2 rings (SSSR count). The van der Waals surface area contributed by atoms with Crippen LogP contribution in [0.15, 0.2) is 45.8 Å². The molecule has 0 aromatic carbocycles. The molecule has 1 heterocycles. The van der Waals surface area contributed by atoms with Crippen LogP contribution >= 0.6 is 0 Å². The third-order valence-electron chi connectivity index (χ3n) is 3.40. The molecule has 1 aliphatic heterocycles. The number of carbonyl (C=O) groups excluding carboxylic acids is 2. The Morgan fingerprint density at radius 2 is 2.14 bits per heavy atom. The lowest BCUT2D eigenvalue weighted by atomic mass is 9.91. The van der Waals surface area contributed by atoms with Crippen molar-refractivity contribution >= 4 is 11.8 Å². The molecule has 1 aliphatic carbocycles. The molecule has 118 valence electrons. The van der Waals surface area contributed by atoms with Crippen LogP contribution in [0.5, 0.6) is 0 Å². The van der Waals surface area contributed by atoms with Gasteiger partial charge >= 0.3 is 0 Å². The van der Waals surface area contributed by atoms with Gasteiger partial charge in [-0.2, -0.15) is 0 Å². The summed E-state index contributed by atoms with van der Waals surface area (Å²) >= 11 is 0. The van der Waals surface area contributed by atoms with Gasteiger partial charge in [0.2, 0.25) is 0 Å².